The molecule has 1 aromatic heterocycles. The van der Waals surface area contributed by atoms with Crippen molar-refractivity contribution in [3.05, 3.63) is 46.8 Å². The molecule has 0 N–H and O–H groups in total. The first-order valence-corrected chi connectivity index (χ1v) is 11.9. The number of methoxy groups -OCH3 is 1. The van der Waals surface area contributed by atoms with Gasteiger partial charge in [-0.25, -0.2) is 14.8 Å². The molecule has 3 fully saturated rings. The lowest BCUT2D eigenvalue weighted by Crippen LogP contribution is -2.45. The molecule has 3 atom stereocenters. The van der Waals surface area contributed by atoms with E-state index in [2.05, 4.69) is 0 Å². The number of amides is 2. The third-order valence-electron chi connectivity index (χ3n) is 6.75. The summed E-state index contributed by atoms with van der Waals surface area (Å²) in [6.45, 7) is 1.84. The Morgan fingerprint density at radius 2 is 1.81 bits per heavy atom. The highest BCUT2D eigenvalue weighted by atomic mass is 32.1. The topological polar surface area (TPSA) is 76.2 Å². The van der Waals surface area contributed by atoms with Gasteiger partial charge in [0.25, 0.3) is 5.91 Å². The summed E-state index contributed by atoms with van der Waals surface area (Å²) in [5, 5.41) is 2.13. The number of hydroxylamine groups is 1. The monoisotopic (exact) mass is 454 g/mol. The van der Waals surface area contributed by atoms with Gasteiger partial charge in [0.05, 0.1) is 24.4 Å². The molecule has 2 amide bonds. The van der Waals surface area contributed by atoms with Crippen LogP contribution in [-0.4, -0.2) is 37.0 Å². The van der Waals surface area contributed by atoms with Crippen molar-refractivity contribution in [3.8, 4) is 0 Å². The van der Waals surface area contributed by atoms with Crippen LogP contribution in [-0.2, 0) is 19.2 Å². The molecule has 2 saturated heterocycles. The van der Waals surface area contributed by atoms with E-state index in [1.54, 1.807) is 11.1 Å². The molecular formula is C24H26N2O5S. The van der Waals surface area contributed by atoms with Crippen molar-refractivity contribution in [1.82, 2.24) is 0 Å². The molecule has 1 saturated carbocycles. The van der Waals surface area contributed by atoms with E-state index in [1.807, 2.05) is 37.3 Å². The minimum Gasteiger partial charge on any atom is -0.465 e. The summed E-state index contributed by atoms with van der Waals surface area (Å²) < 4.78 is 4.88. The van der Waals surface area contributed by atoms with Crippen LogP contribution in [0.3, 0.4) is 0 Å². The molecule has 168 valence electrons. The van der Waals surface area contributed by atoms with Crippen molar-refractivity contribution in [2.75, 3.05) is 17.1 Å². The van der Waals surface area contributed by atoms with Crippen LogP contribution in [0.25, 0.3) is 0 Å². The van der Waals surface area contributed by atoms with Gasteiger partial charge in [-0.3, -0.25) is 14.4 Å². The maximum atomic E-state index is 13.8. The van der Waals surface area contributed by atoms with Gasteiger partial charge < -0.3 is 4.74 Å². The van der Waals surface area contributed by atoms with E-state index < -0.39 is 23.9 Å². The molecule has 1 aromatic carbocycles. The first-order valence-electron chi connectivity index (χ1n) is 11.1. The van der Waals surface area contributed by atoms with Crippen LogP contribution in [0.15, 0.2) is 36.4 Å². The zero-order chi connectivity index (χ0) is 22.4. The number of imide groups is 1. The fraction of sp³-hybridized carbons (Fsp3) is 0.458. The predicted molar refractivity (Wildman–Crippen MR) is 121 cm³/mol. The molecule has 32 heavy (non-hydrogen) atoms. The highest BCUT2D eigenvalue weighted by Crippen LogP contribution is 2.47. The number of rotatable bonds is 4. The van der Waals surface area contributed by atoms with Crippen LogP contribution in [0.5, 0.6) is 0 Å². The second-order valence-corrected chi connectivity index (χ2v) is 9.92. The number of carbonyl (C=O) groups excluding carboxylic acids is 3. The van der Waals surface area contributed by atoms with E-state index in [0.29, 0.717) is 5.00 Å². The van der Waals surface area contributed by atoms with Gasteiger partial charge in [0.15, 0.2) is 6.10 Å². The summed E-state index contributed by atoms with van der Waals surface area (Å²) in [4.78, 5) is 47.8. The zero-order valence-corrected chi connectivity index (χ0v) is 19.0. The van der Waals surface area contributed by atoms with Gasteiger partial charge >= 0.3 is 5.97 Å². The largest absolute Gasteiger partial charge is 0.465 e. The molecule has 0 bridgehead atoms. The number of benzene rings is 1. The summed E-state index contributed by atoms with van der Waals surface area (Å²) in [7, 11) is 1.29. The van der Waals surface area contributed by atoms with Gasteiger partial charge in [0, 0.05) is 4.88 Å². The number of para-hydroxylation sites is 1. The second-order valence-electron chi connectivity index (χ2n) is 8.68. The summed E-state index contributed by atoms with van der Waals surface area (Å²) in [5.74, 6) is -1.59. The Morgan fingerprint density at radius 3 is 2.50 bits per heavy atom. The summed E-state index contributed by atoms with van der Waals surface area (Å²) >= 11 is 1.25. The quantitative estimate of drug-likeness (QED) is 0.511. The van der Waals surface area contributed by atoms with E-state index >= 15 is 0 Å². The summed E-state index contributed by atoms with van der Waals surface area (Å²) in [6.07, 6.45) is 4.55. The smallest absolute Gasteiger partial charge is 0.340 e. The molecule has 0 radical (unpaired) electrons. The number of anilines is 2. The van der Waals surface area contributed by atoms with Gasteiger partial charge in [0.2, 0.25) is 5.91 Å². The normalized spacial score (nSPS) is 26.0. The molecule has 1 aliphatic carbocycles. The van der Waals surface area contributed by atoms with Crippen LogP contribution in [0, 0.1) is 18.8 Å². The van der Waals surface area contributed by atoms with Crippen LogP contribution in [0.1, 0.15) is 47.3 Å². The number of carbonyl (C=O) groups is 3. The number of aryl methyl sites for hydroxylation is 1. The number of esters is 1. The predicted octanol–water partition coefficient (Wildman–Crippen LogP) is 4.10. The highest BCUT2D eigenvalue weighted by molar-refractivity contribution is 7.17. The summed E-state index contributed by atoms with van der Waals surface area (Å²) in [6, 6.07) is 11.1. The average Bonchev–Trinajstić information content (AvgIpc) is 3.47. The van der Waals surface area contributed by atoms with Gasteiger partial charge in [-0.05, 0) is 43.9 Å². The number of ether oxygens (including phenoxy) is 1. The Morgan fingerprint density at radius 1 is 1.09 bits per heavy atom. The molecule has 5 rings (SSSR count). The average molecular weight is 455 g/mol. The van der Waals surface area contributed by atoms with Gasteiger partial charge in [-0.15, -0.1) is 11.3 Å². The van der Waals surface area contributed by atoms with E-state index in [1.165, 1.54) is 24.9 Å². The number of nitrogens with zero attached hydrogens (tertiary/aromatic N) is 2. The zero-order valence-electron chi connectivity index (χ0n) is 18.2. The molecular weight excluding hydrogens is 428 g/mol. The lowest BCUT2D eigenvalue weighted by molar-refractivity contribution is -0.126. The van der Waals surface area contributed by atoms with Crippen molar-refractivity contribution in [2.45, 2.75) is 51.2 Å². The standard InChI is InChI=1S/C24H26N2O5S/c1-14-13-17(24(29)30-2)23(32-14)25-21(27)18-19(15-9-5-3-6-10-15)26(31-20(18)22(25)28)16-11-7-4-8-12-16/h4,7-8,11-13,15,18-20H,3,5-6,9-10H2,1-2H3/t18-,19+,20+/m0/s1. The Bertz CT molecular complexity index is 1050. The van der Waals surface area contributed by atoms with E-state index in [4.69, 9.17) is 9.57 Å². The number of hydrogen-bond acceptors (Lipinski definition) is 7. The Hall–Kier alpha value is -2.71. The summed E-state index contributed by atoms with van der Waals surface area (Å²) in [5.41, 5.74) is 1.10. The maximum absolute atomic E-state index is 13.8. The van der Waals surface area contributed by atoms with Crippen LogP contribution in [0.4, 0.5) is 10.7 Å². The molecule has 0 unspecified atom stereocenters. The number of thiophene rings is 1. The van der Waals surface area contributed by atoms with E-state index in [0.717, 1.165) is 41.1 Å². The van der Waals surface area contributed by atoms with Crippen molar-refractivity contribution < 1.29 is 24.0 Å². The van der Waals surface area contributed by atoms with Crippen LogP contribution < -0.4 is 9.96 Å². The first kappa shape index (κ1) is 21.2. The van der Waals surface area contributed by atoms with Crippen molar-refractivity contribution in [1.29, 1.82) is 0 Å². The lowest BCUT2D eigenvalue weighted by atomic mass is 9.77. The molecule has 0 spiro atoms. The first-order chi connectivity index (χ1) is 15.5. The van der Waals surface area contributed by atoms with Crippen molar-refractivity contribution in [2.24, 2.45) is 11.8 Å². The molecule has 3 heterocycles. The Labute approximate surface area is 190 Å². The SMILES string of the molecule is COC(=O)c1cc(C)sc1N1C(=O)[C@H]2[C@@H](C3CCCCC3)N(c3ccccc3)O[C@H]2C1=O. The number of fused-ring (bicyclic) bond motifs is 1. The van der Waals surface area contributed by atoms with Gasteiger partial charge in [-0.2, -0.15) is 0 Å². The molecule has 8 heteroatoms. The fourth-order valence-electron chi connectivity index (χ4n) is 5.33. The molecule has 7 nitrogen and oxygen atoms in total. The third-order valence-corrected chi connectivity index (χ3v) is 7.78. The van der Waals surface area contributed by atoms with Crippen molar-refractivity contribution >= 4 is 39.8 Å². The Kier molecular flexibility index (Phi) is 5.51. The molecule has 3 aliphatic rings. The highest BCUT2D eigenvalue weighted by Gasteiger charge is 2.62. The number of hydrogen-bond donors (Lipinski definition) is 0. The lowest BCUT2D eigenvalue weighted by Gasteiger charge is -2.35. The van der Waals surface area contributed by atoms with Crippen molar-refractivity contribution in [3.63, 3.8) is 0 Å². The molecule has 2 aliphatic heterocycles. The van der Waals surface area contributed by atoms with E-state index in [9.17, 15) is 14.4 Å². The van der Waals surface area contributed by atoms with Crippen LogP contribution in [0.2, 0.25) is 0 Å². The third kappa shape index (κ3) is 3.33. The maximum Gasteiger partial charge on any atom is 0.340 e. The van der Waals surface area contributed by atoms with Gasteiger partial charge in [-0.1, -0.05) is 37.5 Å². The fourth-order valence-corrected chi connectivity index (χ4v) is 6.34. The minimum atomic E-state index is -0.887. The van der Waals surface area contributed by atoms with Crippen LogP contribution >= 0.6 is 11.3 Å². The molecule has 2 aromatic rings. The second kappa shape index (κ2) is 8.33. The Balaban J connectivity index is 1.54. The van der Waals surface area contributed by atoms with E-state index in [-0.39, 0.29) is 23.4 Å². The minimum absolute atomic E-state index is 0.216. The van der Waals surface area contributed by atoms with Gasteiger partial charge in [0.1, 0.15) is 10.9 Å².